The molecule has 39 heavy (non-hydrogen) atoms. The van der Waals surface area contributed by atoms with Gasteiger partial charge in [0.1, 0.15) is 6.73 Å². The van der Waals surface area contributed by atoms with Gasteiger partial charge in [0.2, 0.25) is 5.91 Å². The van der Waals surface area contributed by atoms with Crippen LogP contribution in [0.25, 0.3) is 0 Å². The van der Waals surface area contributed by atoms with Crippen LogP contribution in [-0.4, -0.2) is 44.7 Å². The summed E-state index contributed by atoms with van der Waals surface area (Å²) < 4.78 is 6.13. The molecule has 1 aliphatic carbocycles. The lowest BCUT2D eigenvalue weighted by molar-refractivity contribution is -0.159. The minimum Gasteiger partial charge on any atom is -0.361 e. The Morgan fingerprint density at radius 1 is 1.10 bits per heavy atom. The number of anilines is 1. The van der Waals surface area contributed by atoms with Crippen LogP contribution in [0.4, 0.5) is 5.69 Å². The van der Waals surface area contributed by atoms with Gasteiger partial charge in [0.15, 0.2) is 5.54 Å². The van der Waals surface area contributed by atoms with Gasteiger partial charge in [-0.2, -0.15) is 0 Å². The maximum Gasteiger partial charge on any atom is 0.260 e. The summed E-state index contributed by atoms with van der Waals surface area (Å²) in [4.78, 5) is 32.7. The number of halogens is 2. The SMILES string of the molecule is C=CCC1C[C@@H](c2cccc(Cl)c2)[C@@]2(C(=O)N(COCC[Si](C)(C)C)c3cc(Cl)ccc32)N(CC2CC2)C1=O. The van der Waals surface area contributed by atoms with Crippen molar-refractivity contribution in [2.75, 3.05) is 24.8 Å². The zero-order chi connectivity index (χ0) is 27.9. The van der Waals surface area contributed by atoms with Crippen LogP contribution in [0.2, 0.25) is 35.7 Å². The van der Waals surface area contributed by atoms with Crippen LogP contribution in [-0.2, 0) is 19.9 Å². The monoisotopic (exact) mass is 584 g/mol. The van der Waals surface area contributed by atoms with E-state index in [1.165, 1.54) is 0 Å². The Kier molecular flexibility index (Phi) is 8.04. The Morgan fingerprint density at radius 2 is 1.85 bits per heavy atom. The molecule has 1 spiro atoms. The Balaban J connectivity index is 1.65. The summed E-state index contributed by atoms with van der Waals surface area (Å²) in [6.07, 6.45) is 5.05. The molecule has 8 heteroatoms. The molecule has 3 atom stereocenters. The van der Waals surface area contributed by atoms with Gasteiger partial charge in [0.05, 0.1) is 5.69 Å². The molecule has 2 heterocycles. The molecule has 2 aromatic carbocycles. The molecule has 5 rings (SSSR count). The number of hydrogen-bond acceptors (Lipinski definition) is 3. The van der Waals surface area contributed by atoms with Gasteiger partial charge in [-0.1, -0.05) is 67.1 Å². The number of hydrogen-bond donors (Lipinski definition) is 0. The van der Waals surface area contributed by atoms with E-state index >= 15 is 0 Å². The Labute approximate surface area is 243 Å². The normalized spacial score (nSPS) is 24.9. The number of allylic oxidation sites excluding steroid dienone is 1. The first kappa shape index (κ1) is 28.4. The number of likely N-dealkylation sites (tertiary alicyclic amines) is 1. The van der Waals surface area contributed by atoms with Gasteiger partial charge in [0, 0.05) is 48.7 Å². The highest BCUT2D eigenvalue weighted by Crippen LogP contribution is 2.58. The van der Waals surface area contributed by atoms with E-state index < -0.39 is 13.6 Å². The zero-order valence-corrected chi connectivity index (χ0v) is 25.6. The highest BCUT2D eigenvalue weighted by Gasteiger charge is 2.64. The molecular formula is C31H38Cl2N2O3Si. The molecule has 0 radical (unpaired) electrons. The molecule has 2 aliphatic heterocycles. The molecule has 0 N–H and O–H groups in total. The van der Waals surface area contributed by atoms with Gasteiger partial charge in [-0.15, -0.1) is 6.58 Å². The Hall–Kier alpha value is -2.12. The van der Waals surface area contributed by atoms with Crippen molar-refractivity contribution in [2.24, 2.45) is 11.8 Å². The summed E-state index contributed by atoms with van der Waals surface area (Å²) in [6, 6.07) is 14.4. The molecule has 208 valence electrons. The van der Waals surface area contributed by atoms with Crippen LogP contribution in [0.5, 0.6) is 0 Å². The maximum atomic E-state index is 14.9. The first-order chi connectivity index (χ1) is 18.6. The molecule has 5 nitrogen and oxygen atoms in total. The molecule has 1 saturated heterocycles. The molecule has 0 bridgehead atoms. The summed E-state index contributed by atoms with van der Waals surface area (Å²) in [5.41, 5.74) is 1.31. The quantitative estimate of drug-likeness (QED) is 0.165. The highest BCUT2D eigenvalue weighted by molar-refractivity contribution is 6.76. The number of piperidine rings is 1. The van der Waals surface area contributed by atoms with E-state index in [0.29, 0.717) is 42.0 Å². The molecule has 2 amide bonds. The number of ether oxygens (including phenoxy) is 1. The smallest absolute Gasteiger partial charge is 0.260 e. The maximum absolute atomic E-state index is 14.9. The second kappa shape index (κ2) is 11.0. The summed E-state index contributed by atoms with van der Waals surface area (Å²) in [6.45, 7) is 12.1. The standard InChI is InChI=1S/C31H38Cl2N2O3Si/c1-5-7-23-17-27(22-8-6-9-24(32)16-22)31(35(29(23)36)19-21-10-11-21)26-13-12-25(33)18-28(26)34(30(31)37)20-38-14-15-39(2,3)4/h5-6,8-9,12-13,16,18,21,23,27H,1,7,10-11,14-15,17,19-20H2,2-4H3/t23?,27-,31-/m0/s1. The minimum absolute atomic E-state index is 0.0239. The fourth-order valence-corrected chi connectivity index (χ4v) is 7.29. The minimum atomic E-state index is -1.30. The van der Waals surface area contributed by atoms with E-state index in [1.54, 1.807) is 4.90 Å². The summed E-state index contributed by atoms with van der Waals surface area (Å²) in [5, 5.41) is 1.16. The summed E-state index contributed by atoms with van der Waals surface area (Å²) in [7, 11) is -1.30. The van der Waals surface area contributed by atoms with E-state index in [1.807, 2.05) is 53.4 Å². The van der Waals surface area contributed by atoms with Crippen molar-refractivity contribution >= 4 is 48.8 Å². The van der Waals surface area contributed by atoms with Gasteiger partial charge in [-0.05, 0) is 67.5 Å². The molecule has 2 aromatic rings. The summed E-state index contributed by atoms with van der Waals surface area (Å²) >= 11 is 13.0. The molecular weight excluding hydrogens is 547 g/mol. The number of nitrogens with zero attached hydrogens (tertiary/aromatic N) is 2. The fourth-order valence-electron chi connectivity index (χ4n) is 6.17. The van der Waals surface area contributed by atoms with E-state index in [0.717, 1.165) is 35.7 Å². The Bertz CT molecular complexity index is 1270. The second-order valence-electron chi connectivity index (χ2n) is 12.5. The lowest BCUT2D eigenvalue weighted by Crippen LogP contribution is -2.63. The van der Waals surface area contributed by atoms with Crippen molar-refractivity contribution in [1.82, 2.24) is 4.90 Å². The van der Waals surface area contributed by atoms with Gasteiger partial charge < -0.3 is 9.64 Å². The van der Waals surface area contributed by atoms with Gasteiger partial charge >= 0.3 is 0 Å². The van der Waals surface area contributed by atoms with Gasteiger partial charge in [-0.25, -0.2) is 0 Å². The number of carbonyl (C=O) groups is 2. The van der Waals surface area contributed by atoms with Crippen molar-refractivity contribution in [3.63, 3.8) is 0 Å². The summed E-state index contributed by atoms with van der Waals surface area (Å²) in [5.74, 6) is -0.225. The van der Waals surface area contributed by atoms with Crippen LogP contribution in [0.1, 0.15) is 42.7 Å². The predicted octanol–water partition coefficient (Wildman–Crippen LogP) is 7.47. The van der Waals surface area contributed by atoms with E-state index in [4.69, 9.17) is 27.9 Å². The lowest BCUT2D eigenvalue weighted by atomic mass is 9.66. The number of benzene rings is 2. The van der Waals surface area contributed by atoms with E-state index in [-0.39, 0.29) is 30.4 Å². The van der Waals surface area contributed by atoms with E-state index in [2.05, 4.69) is 26.2 Å². The Morgan fingerprint density at radius 3 is 2.51 bits per heavy atom. The third-order valence-electron chi connectivity index (χ3n) is 8.35. The number of fused-ring (bicyclic) bond motifs is 2. The molecule has 1 unspecified atom stereocenters. The number of carbonyl (C=O) groups excluding carboxylic acids is 2. The average Bonchev–Trinajstić information content (AvgIpc) is 3.66. The van der Waals surface area contributed by atoms with Crippen molar-refractivity contribution in [3.05, 3.63) is 76.3 Å². The topological polar surface area (TPSA) is 49.9 Å². The second-order valence-corrected chi connectivity index (χ2v) is 19.0. The average molecular weight is 586 g/mol. The van der Waals surface area contributed by atoms with Crippen molar-refractivity contribution in [3.8, 4) is 0 Å². The van der Waals surface area contributed by atoms with Crippen molar-refractivity contribution in [2.45, 2.75) is 62.8 Å². The third-order valence-corrected chi connectivity index (χ3v) is 10.5. The van der Waals surface area contributed by atoms with Crippen LogP contribution in [0.15, 0.2) is 55.1 Å². The van der Waals surface area contributed by atoms with Crippen LogP contribution >= 0.6 is 23.2 Å². The number of amides is 2. The van der Waals surface area contributed by atoms with Crippen LogP contribution in [0.3, 0.4) is 0 Å². The lowest BCUT2D eigenvalue weighted by Gasteiger charge is -2.51. The molecule has 1 saturated carbocycles. The van der Waals surface area contributed by atoms with Crippen molar-refractivity contribution in [1.29, 1.82) is 0 Å². The first-order valence-electron chi connectivity index (χ1n) is 13.9. The van der Waals surface area contributed by atoms with Crippen molar-refractivity contribution < 1.29 is 14.3 Å². The number of rotatable bonds is 10. The molecule has 3 aliphatic rings. The van der Waals surface area contributed by atoms with Gasteiger partial charge in [-0.3, -0.25) is 14.5 Å². The van der Waals surface area contributed by atoms with Gasteiger partial charge in [0.25, 0.3) is 5.91 Å². The molecule has 2 fully saturated rings. The fraction of sp³-hybridized carbons (Fsp3) is 0.484. The predicted molar refractivity (Wildman–Crippen MR) is 161 cm³/mol. The van der Waals surface area contributed by atoms with Crippen LogP contribution in [0, 0.1) is 11.8 Å². The first-order valence-corrected chi connectivity index (χ1v) is 18.4. The van der Waals surface area contributed by atoms with Crippen LogP contribution < -0.4 is 4.90 Å². The zero-order valence-electron chi connectivity index (χ0n) is 23.1. The third kappa shape index (κ3) is 5.46. The highest BCUT2D eigenvalue weighted by atomic mass is 35.5. The largest absolute Gasteiger partial charge is 0.361 e. The molecule has 0 aromatic heterocycles. The van der Waals surface area contributed by atoms with E-state index in [9.17, 15) is 9.59 Å².